The van der Waals surface area contributed by atoms with Gasteiger partial charge in [0.2, 0.25) is 5.91 Å². The molecule has 0 fully saturated rings. The molecule has 6 heteroatoms. The van der Waals surface area contributed by atoms with Gasteiger partial charge < -0.3 is 4.90 Å². The number of carbonyl (C=O) groups excluding carboxylic acids is 1. The molecule has 0 spiro atoms. The SMILES string of the molecule is CCN(C(=O)Cn1cnc(C#N)n1)c1cccc2ccccc12. The van der Waals surface area contributed by atoms with Crippen LogP contribution in [0.3, 0.4) is 0 Å². The van der Waals surface area contributed by atoms with E-state index in [1.54, 1.807) is 4.90 Å². The summed E-state index contributed by atoms with van der Waals surface area (Å²) in [4.78, 5) is 18.2. The summed E-state index contributed by atoms with van der Waals surface area (Å²) in [7, 11) is 0. The monoisotopic (exact) mass is 305 g/mol. The van der Waals surface area contributed by atoms with Crippen molar-refractivity contribution in [2.24, 2.45) is 0 Å². The number of hydrogen-bond donors (Lipinski definition) is 0. The molecule has 0 saturated heterocycles. The van der Waals surface area contributed by atoms with Crippen LogP contribution < -0.4 is 4.90 Å². The second-order valence-corrected chi connectivity index (χ2v) is 5.01. The van der Waals surface area contributed by atoms with Gasteiger partial charge in [0.15, 0.2) is 0 Å². The molecule has 6 nitrogen and oxygen atoms in total. The minimum Gasteiger partial charge on any atom is -0.310 e. The fraction of sp³-hybridized carbons (Fsp3) is 0.176. The van der Waals surface area contributed by atoms with Crippen LogP contribution in [-0.4, -0.2) is 27.2 Å². The third-order valence-corrected chi connectivity index (χ3v) is 3.61. The molecule has 23 heavy (non-hydrogen) atoms. The van der Waals surface area contributed by atoms with Gasteiger partial charge in [-0.15, -0.1) is 5.10 Å². The lowest BCUT2D eigenvalue weighted by Crippen LogP contribution is -2.34. The van der Waals surface area contributed by atoms with Crippen LogP contribution in [0.25, 0.3) is 10.8 Å². The molecule has 0 aliphatic carbocycles. The largest absolute Gasteiger partial charge is 0.310 e. The molecular weight excluding hydrogens is 290 g/mol. The molecule has 2 aromatic carbocycles. The van der Waals surface area contributed by atoms with E-state index in [9.17, 15) is 4.79 Å². The summed E-state index contributed by atoms with van der Waals surface area (Å²) >= 11 is 0. The second-order valence-electron chi connectivity index (χ2n) is 5.01. The van der Waals surface area contributed by atoms with Crippen LogP contribution in [0.2, 0.25) is 0 Å². The Hall–Kier alpha value is -3.20. The van der Waals surface area contributed by atoms with Gasteiger partial charge in [-0.05, 0) is 18.4 Å². The third-order valence-electron chi connectivity index (χ3n) is 3.61. The van der Waals surface area contributed by atoms with Crippen molar-refractivity contribution in [1.82, 2.24) is 14.8 Å². The topological polar surface area (TPSA) is 74.8 Å². The van der Waals surface area contributed by atoms with Crippen LogP contribution in [0.1, 0.15) is 12.7 Å². The first-order chi connectivity index (χ1) is 11.2. The maximum absolute atomic E-state index is 12.6. The van der Waals surface area contributed by atoms with Crippen molar-refractivity contribution in [2.75, 3.05) is 11.4 Å². The van der Waals surface area contributed by atoms with Gasteiger partial charge >= 0.3 is 0 Å². The Bertz CT molecular complexity index is 888. The smallest absolute Gasteiger partial charge is 0.252 e. The van der Waals surface area contributed by atoms with Crippen molar-refractivity contribution in [3.63, 3.8) is 0 Å². The number of anilines is 1. The van der Waals surface area contributed by atoms with Crippen LogP contribution in [0.15, 0.2) is 48.8 Å². The summed E-state index contributed by atoms with van der Waals surface area (Å²) in [6.07, 6.45) is 1.40. The summed E-state index contributed by atoms with van der Waals surface area (Å²) in [6.45, 7) is 2.53. The highest BCUT2D eigenvalue weighted by atomic mass is 16.2. The minimum absolute atomic E-state index is 0.0474. The standard InChI is InChI=1S/C17H15N5O/c1-2-22(17(23)11-21-12-19-16(10-18)20-21)15-9-5-7-13-6-3-4-8-14(13)15/h3-9,12H,2,11H2,1H3. The van der Waals surface area contributed by atoms with Gasteiger partial charge in [-0.2, -0.15) is 5.26 Å². The number of benzene rings is 2. The quantitative estimate of drug-likeness (QED) is 0.741. The van der Waals surface area contributed by atoms with Gasteiger partial charge in [-0.25, -0.2) is 9.67 Å². The zero-order valence-corrected chi connectivity index (χ0v) is 12.7. The molecule has 1 aromatic heterocycles. The lowest BCUT2D eigenvalue weighted by molar-refractivity contribution is -0.119. The lowest BCUT2D eigenvalue weighted by atomic mass is 10.1. The highest BCUT2D eigenvalue weighted by Crippen LogP contribution is 2.26. The van der Waals surface area contributed by atoms with E-state index in [1.807, 2.05) is 55.5 Å². The summed E-state index contributed by atoms with van der Waals surface area (Å²) in [5.74, 6) is -0.0377. The number of aromatic nitrogens is 3. The Morgan fingerprint density at radius 2 is 2.04 bits per heavy atom. The van der Waals surface area contributed by atoms with Crippen LogP contribution >= 0.6 is 0 Å². The third kappa shape index (κ3) is 2.90. The molecule has 114 valence electrons. The molecule has 3 aromatic rings. The molecule has 1 amide bonds. The number of nitriles is 1. The van der Waals surface area contributed by atoms with Gasteiger partial charge in [-0.1, -0.05) is 36.4 Å². The number of carbonyl (C=O) groups is 1. The van der Waals surface area contributed by atoms with Crippen molar-refractivity contribution < 1.29 is 4.79 Å². The van der Waals surface area contributed by atoms with Crippen molar-refractivity contribution in [3.05, 3.63) is 54.6 Å². The second kappa shape index (κ2) is 6.28. The predicted molar refractivity (Wildman–Crippen MR) is 86.7 cm³/mol. The number of likely N-dealkylation sites (N-methyl/N-ethyl adjacent to an activating group) is 1. The molecule has 0 unspecified atom stereocenters. The fourth-order valence-corrected chi connectivity index (χ4v) is 2.57. The van der Waals surface area contributed by atoms with E-state index >= 15 is 0 Å². The molecule has 0 N–H and O–H groups in total. The van der Waals surface area contributed by atoms with Crippen molar-refractivity contribution >= 4 is 22.4 Å². The Balaban J connectivity index is 1.92. The molecule has 0 bridgehead atoms. The molecule has 0 saturated carbocycles. The summed E-state index contributed by atoms with van der Waals surface area (Å²) in [6, 6.07) is 15.7. The lowest BCUT2D eigenvalue weighted by Gasteiger charge is -2.22. The molecule has 0 aliphatic rings. The van der Waals surface area contributed by atoms with E-state index < -0.39 is 0 Å². The Kier molecular flexibility index (Phi) is 4.02. The number of hydrogen-bond acceptors (Lipinski definition) is 4. The zero-order chi connectivity index (χ0) is 16.2. The maximum atomic E-state index is 12.6. The van der Waals surface area contributed by atoms with E-state index in [1.165, 1.54) is 11.0 Å². The Morgan fingerprint density at radius 1 is 1.26 bits per heavy atom. The predicted octanol–water partition coefficient (Wildman–Crippen LogP) is 2.36. The van der Waals surface area contributed by atoms with Gasteiger partial charge in [0.25, 0.3) is 5.82 Å². The van der Waals surface area contributed by atoms with E-state index in [0.29, 0.717) is 6.54 Å². The van der Waals surface area contributed by atoms with Crippen LogP contribution in [-0.2, 0) is 11.3 Å². The Morgan fingerprint density at radius 3 is 2.78 bits per heavy atom. The number of rotatable bonds is 4. The van der Waals surface area contributed by atoms with E-state index in [2.05, 4.69) is 10.1 Å². The van der Waals surface area contributed by atoms with E-state index in [-0.39, 0.29) is 18.3 Å². The number of fused-ring (bicyclic) bond motifs is 1. The maximum Gasteiger partial charge on any atom is 0.252 e. The van der Waals surface area contributed by atoms with Crippen LogP contribution in [0.5, 0.6) is 0 Å². The Labute approximate surface area is 133 Å². The van der Waals surface area contributed by atoms with E-state index in [4.69, 9.17) is 5.26 Å². The highest BCUT2D eigenvalue weighted by Gasteiger charge is 2.17. The summed E-state index contributed by atoms with van der Waals surface area (Å²) in [5, 5.41) is 14.8. The van der Waals surface area contributed by atoms with Gasteiger partial charge in [-0.3, -0.25) is 4.79 Å². The van der Waals surface area contributed by atoms with Crippen LogP contribution in [0.4, 0.5) is 5.69 Å². The zero-order valence-electron chi connectivity index (χ0n) is 12.7. The van der Waals surface area contributed by atoms with E-state index in [0.717, 1.165) is 16.5 Å². The molecule has 1 heterocycles. The molecule has 0 radical (unpaired) electrons. The van der Waals surface area contributed by atoms with Gasteiger partial charge in [0.1, 0.15) is 18.9 Å². The van der Waals surface area contributed by atoms with Gasteiger partial charge in [0.05, 0.1) is 5.69 Å². The van der Waals surface area contributed by atoms with Crippen molar-refractivity contribution in [2.45, 2.75) is 13.5 Å². The average molecular weight is 305 g/mol. The van der Waals surface area contributed by atoms with Gasteiger partial charge in [0, 0.05) is 11.9 Å². The molecule has 0 atom stereocenters. The first-order valence-electron chi connectivity index (χ1n) is 7.30. The number of amides is 1. The minimum atomic E-state index is -0.0988. The van der Waals surface area contributed by atoms with Crippen molar-refractivity contribution in [1.29, 1.82) is 5.26 Å². The van der Waals surface area contributed by atoms with Crippen LogP contribution in [0, 0.1) is 11.3 Å². The first kappa shape index (κ1) is 14.7. The average Bonchev–Trinajstić information content (AvgIpc) is 3.03. The molecule has 3 rings (SSSR count). The summed E-state index contributed by atoms with van der Waals surface area (Å²) in [5.41, 5.74) is 0.872. The van der Waals surface area contributed by atoms with Crippen molar-refractivity contribution in [3.8, 4) is 6.07 Å². The normalized spacial score (nSPS) is 10.4. The highest BCUT2D eigenvalue weighted by molar-refractivity contribution is 6.03. The molecule has 0 aliphatic heterocycles. The molecular formula is C17H15N5O. The summed E-state index contributed by atoms with van der Waals surface area (Å²) < 4.78 is 1.38. The number of nitrogens with zero attached hydrogens (tertiary/aromatic N) is 5. The first-order valence-corrected chi connectivity index (χ1v) is 7.30. The fourth-order valence-electron chi connectivity index (χ4n) is 2.57.